The van der Waals surface area contributed by atoms with Gasteiger partial charge < -0.3 is 15.5 Å². The molecule has 27 heavy (non-hydrogen) atoms. The van der Waals surface area contributed by atoms with Crippen LogP contribution >= 0.6 is 0 Å². The predicted octanol–water partition coefficient (Wildman–Crippen LogP) is 3.92. The number of carbonyl (C=O) groups is 2. The van der Waals surface area contributed by atoms with Gasteiger partial charge in [-0.2, -0.15) is 0 Å². The van der Waals surface area contributed by atoms with Gasteiger partial charge in [0, 0.05) is 6.54 Å². The fourth-order valence-corrected chi connectivity index (χ4v) is 3.00. The molecule has 0 saturated carbocycles. The summed E-state index contributed by atoms with van der Waals surface area (Å²) in [7, 11) is 0. The number of rotatable bonds is 9. The summed E-state index contributed by atoms with van der Waals surface area (Å²) in [5.74, 6) is -2.52. The average Bonchev–Trinajstić information content (AvgIpc) is 2.61. The Labute approximate surface area is 160 Å². The third-order valence-electron chi connectivity index (χ3n) is 4.57. The molecule has 5 heteroatoms. The maximum atomic E-state index is 11.7. The number of hydrogen-bond donors (Lipinski definition) is 3. The number of carboxylic acid groups (broad SMARTS) is 2. The molecule has 0 aliphatic carbocycles. The number of hydrogen-bond acceptors (Lipinski definition) is 3. The van der Waals surface area contributed by atoms with E-state index in [2.05, 4.69) is 5.32 Å². The first-order valence-electron chi connectivity index (χ1n) is 9.14. The molecule has 2 atom stereocenters. The Kier molecular flexibility index (Phi) is 7.13. The highest BCUT2D eigenvalue weighted by atomic mass is 16.4. The molecule has 0 aliphatic rings. The Morgan fingerprint density at radius 1 is 0.889 bits per heavy atom. The topological polar surface area (TPSA) is 86.6 Å². The van der Waals surface area contributed by atoms with Crippen LogP contribution in [0, 0.1) is 12.8 Å². The zero-order chi connectivity index (χ0) is 20.0. The number of aryl methyl sites for hydroxylation is 1. The van der Waals surface area contributed by atoms with Crippen LogP contribution in [0.25, 0.3) is 11.1 Å². The maximum absolute atomic E-state index is 11.7. The van der Waals surface area contributed by atoms with Crippen molar-refractivity contribution in [1.82, 2.24) is 5.32 Å². The first-order valence-corrected chi connectivity index (χ1v) is 9.14. The summed E-state index contributed by atoms with van der Waals surface area (Å²) in [5.41, 5.74) is 3.92. The van der Waals surface area contributed by atoms with Crippen LogP contribution in [-0.4, -0.2) is 34.7 Å². The third-order valence-corrected chi connectivity index (χ3v) is 4.57. The highest BCUT2D eigenvalue weighted by Crippen LogP contribution is 2.23. The third kappa shape index (κ3) is 5.93. The minimum absolute atomic E-state index is 0.0723. The van der Waals surface area contributed by atoms with E-state index in [1.54, 1.807) is 12.1 Å². The second-order valence-electron chi connectivity index (χ2n) is 7.31. The van der Waals surface area contributed by atoms with E-state index in [0.29, 0.717) is 12.0 Å². The summed E-state index contributed by atoms with van der Waals surface area (Å²) in [5, 5.41) is 21.8. The summed E-state index contributed by atoms with van der Waals surface area (Å²) >= 11 is 0. The molecule has 5 nitrogen and oxygen atoms in total. The number of aliphatic carboxylic acids is 2. The summed E-state index contributed by atoms with van der Waals surface area (Å²) in [6.45, 7) is 5.98. The van der Waals surface area contributed by atoms with Crippen molar-refractivity contribution in [3.05, 3.63) is 59.7 Å². The van der Waals surface area contributed by atoms with Gasteiger partial charge in [0.25, 0.3) is 0 Å². The molecule has 2 rings (SSSR count). The van der Waals surface area contributed by atoms with Crippen LogP contribution in [-0.2, 0) is 9.59 Å². The van der Waals surface area contributed by atoms with E-state index in [1.807, 2.05) is 57.2 Å². The van der Waals surface area contributed by atoms with E-state index in [9.17, 15) is 19.8 Å². The van der Waals surface area contributed by atoms with Crippen molar-refractivity contribution in [1.29, 1.82) is 0 Å². The second-order valence-corrected chi connectivity index (χ2v) is 7.31. The smallest absolute Gasteiger partial charge is 0.320 e. The monoisotopic (exact) mass is 369 g/mol. The fourth-order valence-electron chi connectivity index (χ4n) is 3.00. The van der Waals surface area contributed by atoms with Crippen molar-refractivity contribution in [2.75, 3.05) is 6.54 Å². The van der Waals surface area contributed by atoms with Gasteiger partial charge in [0.2, 0.25) is 0 Å². The molecule has 2 unspecified atom stereocenters. The van der Waals surface area contributed by atoms with Gasteiger partial charge in [-0.3, -0.25) is 9.59 Å². The average molecular weight is 369 g/mol. The first kappa shape index (κ1) is 20.6. The van der Waals surface area contributed by atoms with Crippen LogP contribution in [0.2, 0.25) is 0 Å². The van der Waals surface area contributed by atoms with Crippen LogP contribution in [0.15, 0.2) is 48.5 Å². The van der Waals surface area contributed by atoms with Gasteiger partial charge in [-0.15, -0.1) is 0 Å². The molecule has 0 saturated heterocycles. The molecule has 0 heterocycles. The molecule has 0 aliphatic heterocycles. The summed E-state index contributed by atoms with van der Waals surface area (Å²) in [6.07, 6.45) is 0.452. The van der Waals surface area contributed by atoms with Crippen LogP contribution < -0.4 is 5.32 Å². The molecular formula is C22H27NO4. The van der Waals surface area contributed by atoms with Crippen molar-refractivity contribution in [3.8, 4) is 11.1 Å². The van der Waals surface area contributed by atoms with E-state index < -0.39 is 23.9 Å². The quantitative estimate of drug-likeness (QED) is 0.624. The van der Waals surface area contributed by atoms with Gasteiger partial charge in [-0.25, -0.2) is 0 Å². The largest absolute Gasteiger partial charge is 0.481 e. The summed E-state index contributed by atoms with van der Waals surface area (Å²) in [6, 6.07) is 14.8. The molecule has 2 aromatic rings. The molecule has 0 fully saturated rings. The van der Waals surface area contributed by atoms with E-state index in [4.69, 9.17) is 0 Å². The van der Waals surface area contributed by atoms with Gasteiger partial charge in [0.15, 0.2) is 0 Å². The zero-order valence-corrected chi connectivity index (χ0v) is 16.0. The SMILES string of the molecule is Cc1ccc(-c2ccc(C(CNC(CC(C)C)C(=O)O)C(=O)O)cc2)cc1. The number of nitrogens with one attached hydrogen (secondary N) is 1. The molecule has 0 bridgehead atoms. The highest BCUT2D eigenvalue weighted by molar-refractivity contribution is 5.77. The molecule has 0 spiro atoms. The Hall–Kier alpha value is -2.66. The lowest BCUT2D eigenvalue weighted by molar-refractivity contribution is -0.142. The standard InChI is InChI=1S/C22H27NO4/c1-14(2)12-20(22(26)27)23-13-19(21(24)25)18-10-8-17(9-11-18)16-6-4-15(3)5-7-16/h4-11,14,19-20,23H,12-13H2,1-3H3,(H,24,25)(H,26,27). The molecular weight excluding hydrogens is 342 g/mol. The highest BCUT2D eigenvalue weighted by Gasteiger charge is 2.24. The molecule has 2 aromatic carbocycles. The Morgan fingerprint density at radius 3 is 1.85 bits per heavy atom. The Bertz CT molecular complexity index is 766. The van der Waals surface area contributed by atoms with Gasteiger partial charge in [-0.1, -0.05) is 67.9 Å². The predicted molar refractivity (Wildman–Crippen MR) is 106 cm³/mol. The van der Waals surface area contributed by atoms with Crippen LogP contribution in [0.5, 0.6) is 0 Å². The van der Waals surface area contributed by atoms with Gasteiger partial charge in [-0.05, 0) is 36.0 Å². The lowest BCUT2D eigenvalue weighted by Gasteiger charge is -2.20. The minimum atomic E-state index is -0.973. The van der Waals surface area contributed by atoms with E-state index in [0.717, 1.165) is 11.1 Å². The van der Waals surface area contributed by atoms with Crippen LogP contribution in [0.1, 0.15) is 37.3 Å². The number of carboxylic acids is 2. The molecule has 0 radical (unpaired) electrons. The number of benzene rings is 2. The van der Waals surface area contributed by atoms with E-state index in [-0.39, 0.29) is 12.5 Å². The lowest BCUT2D eigenvalue weighted by Crippen LogP contribution is -2.41. The van der Waals surface area contributed by atoms with Crippen molar-refractivity contribution in [3.63, 3.8) is 0 Å². The van der Waals surface area contributed by atoms with Crippen LogP contribution in [0.4, 0.5) is 0 Å². The van der Waals surface area contributed by atoms with Crippen molar-refractivity contribution in [2.45, 2.75) is 39.2 Å². The fraction of sp³-hybridized carbons (Fsp3) is 0.364. The maximum Gasteiger partial charge on any atom is 0.320 e. The molecule has 3 N–H and O–H groups in total. The van der Waals surface area contributed by atoms with Crippen LogP contribution in [0.3, 0.4) is 0 Å². The Balaban J connectivity index is 2.13. The summed E-state index contributed by atoms with van der Waals surface area (Å²) in [4.78, 5) is 23.1. The van der Waals surface area contributed by atoms with Crippen molar-refractivity contribution >= 4 is 11.9 Å². The second kappa shape index (κ2) is 9.33. The van der Waals surface area contributed by atoms with Crippen molar-refractivity contribution in [2.24, 2.45) is 5.92 Å². The normalized spacial score (nSPS) is 13.3. The van der Waals surface area contributed by atoms with Crippen molar-refractivity contribution < 1.29 is 19.8 Å². The zero-order valence-electron chi connectivity index (χ0n) is 16.0. The van der Waals surface area contributed by atoms with Gasteiger partial charge >= 0.3 is 11.9 Å². The van der Waals surface area contributed by atoms with E-state index >= 15 is 0 Å². The Morgan fingerprint density at radius 2 is 1.41 bits per heavy atom. The first-order chi connectivity index (χ1) is 12.8. The van der Waals surface area contributed by atoms with Gasteiger partial charge in [0.1, 0.15) is 6.04 Å². The molecule has 144 valence electrons. The van der Waals surface area contributed by atoms with Gasteiger partial charge in [0.05, 0.1) is 5.92 Å². The van der Waals surface area contributed by atoms with E-state index in [1.165, 1.54) is 5.56 Å². The molecule has 0 aromatic heterocycles. The minimum Gasteiger partial charge on any atom is -0.481 e. The summed E-state index contributed by atoms with van der Waals surface area (Å²) < 4.78 is 0. The lowest BCUT2D eigenvalue weighted by atomic mass is 9.95. The molecule has 0 amide bonds.